The summed E-state index contributed by atoms with van der Waals surface area (Å²) in [5.74, 6) is -0.946. The lowest BCUT2D eigenvalue weighted by atomic mass is 10.2. The minimum absolute atomic E-state index is 0.0603. The van der Waals surface area contributed by atoms with Crippen LogP contribution in [0.5, 0.6) is 5.75 Å². The van der Waals surface area contributed by atoms with E-state index < -0.39 is 20.7 Å². The number of rotatable bonds is 6. The van der Waals surface area contributed by atoms with Gasteiger partial charge in [-0.3, -0.25) is 14.9 Å². The molecule has 0 heterocycles. The molecule has 2 N–H and O–H groups in total. The fraction of sp³-hybridized carbons (Fsp3) is 0.364. The number of anilines is 1. The largest absolute Gasteiger partial charge is 0.506 e. The molecule has 0 spiro atoms. The first-order valence-electron chi connectivity index (χ1n) is 5.64. The van der Waals surface area contributed by atoms with Crippen LogP contribution in [0.15, 0.2) is 18.2 Å². The number of nitrogens with zero attached hydrogens (tertiary/aromatic N) is 1. The van der Waals surface area contributed by atoms with Crippen LogP contribution in [0.25, 0.3) is 0 Å². The Hall–Kier alpha value is -2.16. The van der Waals surface area contributed by atoms with Gasteiger partial charge in [0, 0.05) is 24.8 Å². The molecule has 8 nitrogen and oxygen atoms in total. The standard InChI is InChI=1S/C11H14N2O6S/c1-20(18,19)6-2-3-11(15)12-9-7-8(13(16)17)4-5-10(9)14/h4-5,7,14H,2-3,6H2,1H3,(H,12,15). The maximum Gasteiger partial charge on any atom is 0.271 e. The highest BCUT2D eigenvalue weighted by Crippen LogP contribution is 2.27. The highest BCUT2D eigenvalue weighted by atomic mass is 32.2. The van der Waals surface area contributed by atoms with Gasteiger partial charge in [0.05, 0.1) is 16.4 Å². The summed E-state index contributed by atoms with van der Waals surface area (Å²) < 4.78 is 21.8. The molecule has 1 aromatic rings. The van der Waals surface area contributed by atoms with Gasteiger partial charge in [-0.05, 0) is 12.5 Å². The molecule has 1 aromatic carbocycles. The quantitative estimate of drug-likeness (QED) is 0.459. The van der Waals surface area contributed by atoms with Crippen LogP contribution in [0.3, 0.4) is 0 Å². The first-order valence-corrected chi connectivity index (χ1v) is 7.70. The summed E-state index contributed by atoms with van der Waals surface area (Å²) >= 11 is 0. The van der Waals surface area contributed by atoms with Gasteiger partial charge in [-0.15, -0.1) is 0 Å². The predicted octanol–water partition coefficient (Wildman–Crippen LogP) is 1.06. The molecule has 0 saturated heterocycles. The summed E-state index contributed by atoms with van der Waals surface area (Å²) in [6.45, 7) is 0. The Labute approximate surface area is 115 Å². The second kappa shape index (κ2) is 6.33. The fourth-order valence-corrected chi connectivity index (χ4v) is 2.11. The van der Waals surface area contributed by atoms with Crippen LogP contribution in [0.4, 0.5) is 11.4 Å². The molecular formula is C11H14N2O6S. The third-order valence-electron chi connectivity index (χ3n) is 2.38. The van der Waals surface area contributed by atoms with Gasteiger partial charge in [0.25, 0.3) is 5.69 Å². The monoisotopic (exact) mass is 302 g/mol. The molecule has 20 heavy (non-hydrogen) atoms. The van der Waals surface area contributed by atoms with Gasteiger partial charge in [0.15, 0.2) is 0 Å². The van der Waals surface area contributed by atoms with Crippen molar-refractivity contribution < 1.29 is 23.2 Å². The lowest BCUT2D eigenvalue weighted by Gasteiger charge is -2.06. The van der Waals surface area contributed by atoms with Crippen molar-refractivity contribution in [3.63, 3.8) is 0 Å². The number of aromatic hydroxyl groups is 1. The zero-order valence-electron chi connectivity index (χ0n) is 10.7. The van der Waals surface area contributed by atoms with Gasteiger partial charge in [0.1, 0.15) is 15.6 Å². The zero-order valence-corrected chi connectivity index (χ0v) is 11.5. The van der Waals surface area contributed by atoms with E-state index in [9.17, 15) is 28.4 Å². The van der Waals surface area contributed by atoms with Crippen LogP contribution in [0, 0.1) is 10.1 Å². The summed E-state index contributed by atoms with van der Waals surface area (Å²) in [4.78, 5) is 21.5. The minimum Gasteiger partial charge on any atom is -0.506 e. The van der Waals surface area contributed by atoms with Gasteiger partial charge in [0.2, 0.25) is 5.91 Å². The van der Waals surface area contributed by atoms with Crippen molar-refractivity contribution in [2.75, 3.05) is 17.3 Å². The van der Waals surface area contributed by atoms with E-state index in [4.69, 9.17) is 0 Å². The van der Waals surface area contributed by atoms with Gasteiger partial charge < -0.3 is 10.4 Å². The predicted molar refractivity (Wildman–Crippen MR) is 72.3 cm³/mol. The topological polar surface area (TPSA) is 127 Å². The molecule has 0 radical (unpaired) electrons. The van der Waals surface area contributed by atoms with Crippen LogP contribution in [0.1, 0.15) is 12.8 Å². The van der Waals surface area contributed by atoms with Crippen molar-refractivity contribution in [3.8, 4) is 5.75 Å². The molecule has 0 unspecified atom stereocenters. The van der Waals surface area contributed by atoms with Crippen LogP contribution in [-0.2, 0) is 14.6 Å². The van der Waals surface area contributed by atoms with E-state index in [0.29, 0.717) is 0 Å². The number of sulfone groups is 1. The lowest BCUT2D eigenvalue weighted by Crippen LogP contribution is -2.13. The summed E-state index contributed by atoms with van der Waals surface area (Å²) in [7, 11) is -3.14. The number of hydrogen-bond donors (Lipinski definition) is 2. The Morgan fingerprint density at radius 1 is 1.45 bits per heavy atom. The number of carbonyl (C=O) groups is 1. The van der Waals surface area contributed by atoms with Crippen LogP contribution >= 0.6 is 0 Å². The molecule has 0 aliphatic rings. The molecule has 0 fully saturated rings. The maximum absolute atomic E-state index is 11.5. The molecule has 9 heteroatoms. The number of phenols is 1. The number of nitro benzene ring substituents is 1. The molecule has 1 amide bonds. The smallest absolute Gasteiger partial charge is 0.271 e. The number of non-ortho nitro benzene ring substituents is 1. The first kappa shape index (κ1) is 15.9. The molecule has 0 bridgehead atoms. The molecule has 0 atom stereocenters. The normalized spacial score (nSPS) is 11.1. The molecule has 0 aromatic heterocycles. The van der Waals surface area contributed by atoms with Gasteiger partial charge >= 0.3 is 0 Å². The van der Waals surface area contributed by atoms with Crippen molar-refractivity contribution in [2.45, 2.75) is 12.8 Å². The number of hydrogen-bond acceptors (Lipinski definition) is 6. The zero-order chi connectivity index (χ0) is 15.3. The number of nitrogens with one attached hydrogen (secondary N) is 1. The van der Waals surface area contributed by atoms with E-state index in [1.165, 1.54) is 0 Å². The van der Waals surface area contributed by atoms with Crippen LogP contribution in [-0.4, -0.2) is 36.4 Å². The summed E-state index contributed by atoms with van der Waals surface area (Å²) in [5.41, 5.74) is -0.349. The van der Waals surface area contributed by atoms with Crippen molar-refractivity contribution in [1.29, 1.82) is 0 Å². The highest BCUT2D eigenvalue weighted by Gasteiger charge is 2.13. The Balaban J connectivity index is 2.66. The highest BCUT2D eigenvalue weighted by molar-refractivity contribution is 7.90. The van der Waals surface area contributed by atoms with Crippen molar-refractivity contribution in [3.05, 3.63) is 28.3 Å². The summed E-state index contributed by atoms with van der Waals surface area (Å²) in [6, 6.07) is 3.24. The van der Waals surface area contributed by atoms with E-state index in [1.807, 2.05) is 0 Å². The van der Waals surface area contributed by atoms with Crippen molar-refractivity contribution >= 4 is 27.1 Å². The Bertz CT molecular complexity index is 626. The van der Waals surface area contributed by atoms with E-state index in [0.717, 1.165) is 24.5 Å². The number of benzene rings is 1. The average molecular weight is 302 g/mol. The summed E-state index contributed by atoms with van der Waals surface area (Å²) in [6.07, 6.45) is 1.15. The van der Waals surface area contributed by atoms with Gasteiger partial charge in [-0.1, -0.05) is 0 Å². The third kappa shape index (κ3) is 5.22. The number of carbonyl (C=O) groups excluding carboxylic acids is 1. The fourth-order valence-electron chi connectivity index (χ4n) is 1.45. The minimum atomic E-state index is -3.14. The Morgan fingerprint density at radius 3 is 2.65 bits per heavy atom. The molecular weight excluding hydrogens is 288 g/mol. The number of phenolic OH excluding ortho intramolecular Hbond substituents is 1. The van der Waals surface area contributed by atoms with E-state index in [-0.39, 0.29) is 35.7 Å². The maximum atomic E-state index is 11.5. The molecule has 1 rings (SSSR count). The SMILES string of the molecule is CS(=O)(=O)CCCC(=O)Nc1cc([N+](=O)[O-])ccc1O. The Kier molecular flexibility index (Phi) is 5.03. The number of nitro groups is 1. The van der Waals surface area contributed by atoms with E-state index >= 15 is 0 Å². The molecule has 0 aliphatic carbocycles. The van der Waals surface area contributed by atoms with Crippen molar-refractivity contribution in [2.24, 2.45) is 0 Å². The van der Waals surface area contributed by atoms with Crippen LogP contribution < -0.4 is 5.32 Å². The van der Waals surface area contributed by atoms with E-state index in [1.54, 1.807) is 0 Å². The summed E-state index contributed by atoms with van der Waals surface area (Å²) in [5, 5.41) is 22.4. The average Bonchev–Trinajstić information content (AvgIpc) is 2.30. The molecule has 110 valence electrons. The second-order valence-electron chi connectivity index (χ2n) is 4.24. The second-order valence-corrected chi connectivity index (χ2v) is 6.50. The van der Waals surface area contributed by atoms with Gasteiger partial charge in [-0.2, -0.15) is 0 Å². The number of amides is 1. The van der Waals surface area contributed by atoms with Crippen LogP contribution in [0.2, 0.25) is 0 Å². The first-order chi connectivity index (χ1) is 9.19. The van der Waals surface area contributed by atoms with Crippen molar-refractivity contribution in [1.82, 2.24) is 0 Å². The Morgan fingerprint density at radius 2 is 2.10 bits per heavy atom. The lowest BCUT2D eigenvalue weighted by molar-refractivity contribution is -0.384. The third-order valence-corrected chi connectivity index (χ3v) is 3.41. The van der Waals surface area contributed by atoms with E-state index in [2.05, 4.69) is 5.32 Å². The molecule has 0 aliphatic heterocycles. The van der Waals surface area contributed by atoms with Gasteiger partial charge in [-0.25, -0.2) is 8.42 Å². The molecule has 0 saturated carbocycles.